The summed E-state index contributed by atoms with van der Waals surface area (Å²) in [4.78, 5) is 0. The first-order valence-corrected chi connectivity index (χ1v) is 2.23. The third-order valence-corrected chi connectivity index (χ3v) is 0. The third-order valence-electron chi connectivity index (χ3n) is 0. The van der Waals surface area contributed by atoms with Crippen LogP contribution in [0.25, 0.3) is 0 Å². The number of hydrogen-bond acceptors (Lipinski definition) is 2. The van der Waals surface area contributed by atoms with Crippen LogP contribution in [-0.4, -0.2) is 64.5 Å². The summed E-state index contributed by atoms with van der Waals surface area (Å²) in [6, 6.07) is 0. The van der Waals surface area contributed by atoms with Gasteiger partial charge in [0.2, 0.25) is 0 Å². The molecule has 0 saturated heterocycles. The third kappa shape index (κ3) is 96.3. The van der Waals surface area contributed by atoms with Gasteiger partial charge in [-0.15, -0.1) is 0 Å². The van der Waals surface area contributed by atoms with E-state index in [9.17, 15) is 0 Å². The molecular weight excluding hydrogens is 115 g/mol. The maximum atomic E-state index is 4.85. The minimum absolute atomic E-state index is 0. The fraction of sp³-hybridized carbons (Fsp3) is 1.00. The van der Waals surface area contributed by atoms with Crippen LogP contribution in [0.2, 0.25) is 0 Å². The van der Waals surface area contributed by atoms with Crippen LogP contribution in [0.5, 0.6) is 0 Å². The van der Waals surface area contributed by atoms with E-state index < -0.39 is 0 Å². The van der Waals surface area contributed by atoms with E-state index in [1.165, 1.54) is 0 Å². The number of rotatable bonds is 0. The summed E-state index contributed by atoms with van der Waals surface area (Å²) in [6.07, 6.45) is 0. The van der Waals surface area contributed by atoms with Gasteiger partial charge in [-0.05, 0) is 13.1 Å². The van der Waals surface area contributed by atoms with E-state index in [2.05, 4.69) is 0 Å². The monoisotopic (exact) mass is 129 g/mol. The maximum Gasteiger partial charge on any atom is 0 e. The Morgan fingerprint density at radius 1 is 1.00 bits per heavy atom. The van der Waals surface area contributed by atoms with Crippen LogP contribution in [0.1, 0.15) is 13.8 Å². The molecule has 7 heavy (non-hydrogen) atoms. The van der Waals surface area contributed by atoms with Crippen LogP contribution in [0.4, 0.5) is 0 Å². The zero-order valence-corrected chi connectivity index (χ0v) is 8.69. The minimum Gasteiger partial charge on any atom is -0.331 e. The van der Waals surface area contributed by atoms with Gasteiger partial charge in [0.05, 0.1) is 0 Å². The molecule has 0 saturated carbocycles. The van der Waals surface area contributed by atoms with Crippen molar-refractivity contribution in [1.29, 1.82) is 0 Å². The van der Waals surface area contributed by atoms with Crippen LogP contribution in [0, 0.1) is 0 Å². The maximum absolute atomic E-state index is 4.85. The largest absolute Gasteiger partial charge is 0.331 e. The van der Waals surface area contributed by atoms with Gasteiger partial charge >= 0.3 is 0 Å². The van der Waals surface area contributed by atoms with Crippen LogP contribution < -0.4 is 11.5 Å². The van der Waals surface area contributed by atoms with Gasteiger partial charge in [0.1, 0.15) is 0 Å². The fourth-order valence-electron chi connectivity index (χ4n) is 0. The summed E-state index contributed by atoms with van der Waals surface area (Å²) in [5, 5.41) is 0. The molecule has 0 bridgehead atoms. The predicted molar refractivity (Wildman–Crippen MR) is 35.2 cm³/mol. The molecule has 0 aromatic carbocycles. The van der Waals surface area contributed by atoms with Crippen LogP contribution in [0.3, 0.4) is 0 Å². The minimum atomic E-state index is 0. The molecule has 3 heteroatoms. The Bertz CT molecular complexity index is 11.7. The Balaban J connectivity index is -0.0000000400. The molecule has 0 unspecified atom stereocenters. The molecule has 0 aromatic heterocycles. The molecule has 2 nitrogen and oxygen atoms in total. The van der Waals surface area contributed by atoms with Crippen molar-refractivity contribution in [2.24, 2.45) is 11.5 Å². The van der Waals surface area contributed by atoms with Crippen LogP contribution in [-0.2, 0) is 0 Å². The van der Waals surface area contributed by atoms with E-state index in [1.54, 1.807) is 0 Å². The second-order valence-electron chi connectivity index (χ2n) is 0.816. The van der Waals surface area contributed by atoms with Gasteiger partial charge in [0, 0.05) is 51.4 Å². The van der Waals surface area contributed by atoms with Crippen molar-refractivity contribution < 1.29 is 0 Å². The smallest absolute Gasteiger partial charge is 0 e. The van der Waals surface area contributed by atoms with Crippen molar-refractivity contribution in [2.75, 3.05) is 13.1 Å². The van der Waals surface area contributed by atoms with E-state index in [4.69, 9.17) is 11.5 Å². The molecule has 1 radical (unpaired) electrons. The van der Waals surface area contributed by atoms with Crippen LogP contribution in [0.15, 0.2) is 0 Å². The van der Waals surface area contributed by atoms with Gasteiger partial charge in [-0.3, -0.25) is 0 Å². The fourth-order valence-corrected chi connectivity index (χ4v) is 0. The first kappa shape index (κ1) is 15.8. The van der Waals surface area contributed by atoms with Crippen LogP contribution >= 0.6 is 0 Å². The summed E-state index contributed by atoms with van der Waals surface area (Å²) >= 11 is 0. The summed E-state index contributed by atoms with van der Waals surface area (Å²) in [7, 11) is 0. The molecule has 0 aliphatic carbocycles. The SMILES string of the molecule is CCN.CCN.[K]. The quantitative estimate of drug-likeness (QED) is 0.435. The summed E-state index contributed by atoms with van der Waals surface area (Å²) in [5.74, 6) is 0. The average molecular weight is 129 g/mol. The van der Waals surface area contributed by atoms with E-state index in [1.807, 2.05) is 13.8 Å². The first-order chi connectivity index (χ1) is 2.83. The number of hydrogen-bond donors (Lipinski definition) is 2. The van der Waals surface area contributed by atoms with E-state index in [-0.39, 0.29) is 51.4 Å². The second-order valence-corrected chi connectivity index (χ2v) is 0.816. The number of nitrogens with two attached hydrogens (primary N) is 2. The Labute approximate surface area is 88.4 Å². The first-order valence-electron chi connectivity index (χ1n) is 2.23. The molecule has 0 atom stereocenters. The molecule has 0 spiro atoms. The van der Waals surface area contributed by atoms with E-state index in [0.717, 1.165) is 13.1 Å². The second kappa shape index (κ2) is 25.7. The summed E-state index contributed by atoms with van der Waals surface area (Å²) in [6.45, 7) is 5.31. The Morgan fingerprint density at radius 3 is 1.00 bits per heavy atom. The Morgan fingerprint density at radius 2 is 1.00 bits per heavy atom. The molecule has 0 aromatic rings. The molecule has 41 valence electrons. The molecule has 0 aliphatic heterocycles. The van der Waals surface area contributed by atoms with Crippen molar-refractivity contribution in [1.82, 2.24) is 0 Å². The van der Waals surface area contributed by atoms with Gasteiger partial charge in [0.15, 0.2) is 0 Å². The zero-order chi connectivity index (χ0) is 5.41. The topological polar surface area (TPSA) is 52.0 Å². The molecule has 0 heterocycles. The molecule has 0 rings (SSSR count). The van der Waals surface area contributed by atoms with Gasteiger partial charge in [-0.25, -0.2) is 0 Å². The molecule has 0 aliphatic rings. The predicted octanol–water partition coefficient (Wildman–Crippen LogP) is -0.451. The van der Waals surface area contributed by atoms with Gasteiger partial charge in [-0.2, -0.15) is 0 Å². The van der Waals surface area contributed by atoms with Crippen molar-refractivity contribution in [2.45, 2.75) is 13.8 Å². The normalized spacial score (nSPS) is 5.14. The zero-order valence-electron chi connectivity index (χ0n) is 5.57. The van der Waals surface area contributed by atoms with Crippen molar-refractivity contribution in [3.63, 3.8) is 0 Å². The Kier molecular flexibility index (Phi) is 58.1. The van der Waals surface area contributed by atoms with E-state index in [0.29, 0.717) is 0 Å². The molecular formula is C4H14KN2. The van der Waals surface area contributed by atoms with Gasteiger partial charge in [0.25, 0.3) is 0 Å². The van der Waals surface area contributed by atoms with Crippen molar-refractivity contribution in [3.05, 3.63) is 0 Å². The van der Waals surface area contributed by atoms with Gasteiger partial charge < -0.3 is 11.5 Å². The van der Waals surface area contributed by atoms with Gasteiger partial charge in [-0.1, -0.05) is 13.8 Å². The Hall–Kier alpha value is 1.56. The molecule has 0 fully saturated rings. The van der Waals surface area contributed by atoms with Crippen molar-refractivity contribution >= 4 is 51.4 Å². The van der Waals surface area contributed by atoms with Crippen molar-refractivity contribution in [3.8, 4) is 0 Å². The molecule has 0 amide bonds. The van der Waals surface area contributed by atoms with E-state index >= 15 is 0 Å². The molecule has 4 N–H and O–H groups in total. The summed E-state index contributed by atoms with van der Waals surface area (Å²) < 4.78 is 0. The summed E-state index contributed by atoms with van der Waals surface area (Å²) in [5.41, 5.74) is 9.69. The standard InChI is InChI=1S/2C2H7N.K/c2*1-2-3;/h2*2-3H2,1H3;. The average Bonchev–Trinajstić information content (AvgIpc) is 1.39.